The first-order chi connectivity index (χ1) is 3.73. The smallest absolute Gasteiger partial charge is 0.511 e. The Hall–Kier alpha value is -0.423. The van der Waals surface area contributed by atoms with Crippen LogP contribution in [0.15, 0.2) is 0 Å². The van der Waals surface area contributed by atoms with Crippen LogP contribution in [0.5, 0.6) is 0 Å². The lowest BCUT2D eigenvalue weighted by atomic mass is 10.8. The fraction of sp³-hybridized carbons (Fsp3) is 1.00. The average Bonchev–Trinajstić information content (AvgIpc) is 1.19. The molecule has 0 heterocycles. The van der Waals surface area contributed by atoms with Gasteiger partial charge >= 0.3 is 9.17 Å². The Bertz CT molecular complexity index is 78.3. The SMILES string of the molecule is C[N+](C)(C)C.O=[Si](O)O. The molecular formula is C4H14NO3Si+. The monoisotopic (exact) mass is 152 g/mol. The third-order valence-electron chi connectivity index (χ3n) is 0. The predicted octanol–water partition coefficient (Wildman–Crippen LogP) is -1.29. The lowest BCUT2D eigenvalue weighted by molar-refractivity contribution is -0.849. The molecule has 4 nitrogen and oxygen atoms in total. The second kappa shape index (κ2) is 4.46. The first-order valence-corrected chi connectivity index (χ1v) is 3.74. The molecule has 0 atom stereocenters. The fourth-order valence-electron chi connectivity index (χ4n) is 0. The molecule has 2 N–H and O–H groups in total. The van der Waals surface area contributed by atoms with Crippen molar-refractivity contribution in [3.8, 4) is 0 Å². The van der Waals surface area contributed by atoms with Crippen molar-refractivity contribution in [3.63, 3.8) is 0 Å². The van der Waals surface area contributed by atoms with Crippen LogP contribution in [0.4, 0.5) is 0 Å². The van der Waals surface area contributed by atoms with Gasteiger partial charge < -0.3 is 14.1 Å². The summed E-state index contributed by atoms with van der Waals surface area (Å²) in [4.78, 5) is 14.3. The van der Waals surface area contributed by atoms with Crippen LogP contribution in [0.1, 0.15) is 0 Å². The Morgan fingerprint density at radius 2 is 1.11 bits per heavy atom. The zero-order valence-corrected chi connectivity index (χ0v) is 7.25. The Morgan fingerprint density at radius 3 is 1.11 bits per heavy atom. The highest BCUT2D eigenvalue weighted by molar-refractivity contribution is 6.22. The van der Waals surface area contributed by atoms with E-state index < -0.39 is 9.17 Å². The Morgan fingerprint density at radius 1 is 1.11 bits per heavy atom. The molecule has 0 saturated heterocycles. The second-order valence-electron chi connectivity index (χ2n) is 2.97. The van der Waals surface area contributed by atoms with Crippen LogP contribution >= 0.6 is 0 Å². The third kappa shape index (κ3) is 1320. The molecule has 5 heteroatoms. The minimum atomic E-state index is -3.13. The summed E-state index contributed by atoms with van der Waals surface area (Å²) in [5, 5.41) is 0. The maximum Gasteiger partial charge on any atom is 0.761 e. The van der Waals surface area contributed by atoms with Gasteiger partial charge in [-0.05, 0) is 0 Å². The van der Waals surface area contributed by atoms with Crippen molar-refractivity contribution < 1.29 is 18.5 Å². The molecule has 0 aromatic rings. The summed E-state index contributed by atoms with van der Waals surface area (Å²) in [6.07, 6.45) is 0. The zero-order chi connectivity index (χ0) is 8.08. The summed E-state index contributed by atoms with van der Waals surface area (Å²) >= 11 is 0. The van der Waals surface area contributed by atoms with E-state index in [1.165, 1.54) is 0 Å². The van der Waals surface area contributed by atoms with Crippen LogP contribution in [-0.4, -0.2) is 51.4 Å². The quantitative estimate of drug-likeness (QED) is 0.335. The maximum absolute atomic E-state index is 8.74. The van der Waals surface area contributed by atoms with Crippen molar-refractivity contribution in [1.82, 2.24) is 0 Å². The van der Waals surface area contributed by atoms with Gasteiger partial charge in [0, 0.05) is 0 Å². The third-order valence-corrected chi connectivity index (χ3v) is 0. The first kappa shape index (κ1) is 11.4. The van der Waals surface area contributed by atoms with Crippen molar-refractivity contribution in [3.05, 3.63) is 0 Å². The van der Waals surface area contributed by atoms with E-state index in [-0.39, 0.29) is 0 Å². The number of rotatable bonds is 0. The molecule has 0 saturated carbocycles. The van der Waals surface area contributed by atoms with E-state index in [2.05, 4.69) is 28.2 Å². The van der Waals surface area contributed by atoms with Crippen molar-refractivity contribution >= 4 is 9.17 Å². The summed E-state index contributed by atoms with van der Waals surface area (Å²) < 4.78 is 9.74. The fourth-order valence-corrected chi connectivity index (χ4v) is 0. The van der Waals surface area contributed by atoms with E-state index in [0.29, 0.717) is 0 Å². The van der Waals surface area contributed by atoms with Gasteiger partial charge in [-0.1, -0.05) is 0 Å². The molecule has 0 amide bonds. The van der Waals surface area contributed by atoms with Gasteiger partial charge in [-0.25, -0.2) is 0 Å². The van der Waals surface area contributed by atoms with Crippen LogP contribution in [0.25, 0.3) is 0 Å². The Kier molecular flexibility index (Phi) is 5.64. The van der Waals surface area contributed by atoms with Crippen LogP contribution in [-0.2, 0) is 4.46 Å². The highest BCUT2D eigenvalue weighted by atomic mass is 28.3. The molecule has 0 unspecified atom stereocenters. The summed E-state index contributed by atoms with van der Waals surface area (Å²) in [7, 11) is 5.37. The number of nitrogens with zero attached hydrogens (tertiary/aromatic N) is 1. The number of hydrogen-bond donors (Lipinski definition) is 2. The van der Waals surface area contributed by atoms with Gasteiger partial charge in [-0.15, -0.1) is 0 Å². The predicted molar refractivity (Wildman–Crippen MR) is 34.8 cm³/mol. The topological polar surface area (TPSA) is 57.5 Å². The Balaban J connectivity index is 0. The molecular weight excluding hydrogens is 138 g/mol. The summed E-state index contributed by atoms with van der Waals surface area (Å²) in [6.45, 7) is 0. The lowest BCUT2D eigenvalue weighted by Gasteiger charge is -2.14. The van der Waals surface area contributed by atoms with E-state index in [1.54, 1.807) is 0 Å². The van der Waals surface area contributed by atoms with Gasteiger partial charge in [-0.2, -0.15) is 0 Å². The average molecular weight is 152 g/mol. The highest BCUT2D eigenvalue weighted by Gasteiger charge is 1.88. The van der Waals surface area contributed by atoms with Crippen LogP contribution < -0.4 is 0 Å². The summed E-state index contributed by atoms with van der Waals surface area (Å²) in [5.74, 6) is 0. The summed E-state index contributed by atoms with van der Waals surface area (Å²) in [5.41, 5.74) is 0. The van der Waals surface area contributed by atoms with Gasteiger partial charge in [0.25, 0.3) is 0 Å². The molecule has 0 aromatic carbocycles. The number of hydrogen-bond acceptors (Lipinski definition) is 1. The summed E-state index contributed by atoms with van der Waals surface area (Å²) in [6, 6.07) is 0. The molecule has 0 radical (unpaired) electrons. The molecule has 9 heavy (non-hydrogen) atoms. The largest absolute Gasteiger partial charge is 0.761 e. The zero-order valence-electron chi connectivity index (χ0n) is 6.25. The lowest BCUT2D eigenvalue weighted by Crippen LogP contribution is -2.27. The molecule has 0 spiro atoms. The molecule has 0 aliphatic heterocycles. The molecule has 0 fully saturated rings. The maximum atomic E-state index is 8.74. The van der Waals surface area contributed by atoms with Crippen molar-refractivity contribution in [2.24, 2.45) is 0 Å². The van der Waals surface area contributed by atoms with Crippen molar-refractivity contribution in [1.29, 1.82) is 0 Å². The minimum absolute atomic E-state index is 1.00. The van der Waals surface area contributed by atoms with E-state index in [0.717, 1.165) is 4.48 Å². The van der Waals surface area contributed by atoms with Crippen molar-refractivity contribution in [2.45, 2.75) is 0 Å². The minimum Gasteiger partial charge on any atom is -0.511 e. The number of quaternary nitrogens is 1. The second-order valence-corrected chi connectivity index (χ2v) is 3.53. The van der Waals surface area contributed by atoms with Crippen LogP contribution in [0.3, 0.4) is 0 Å². The standard InChI is InChI=1S/C4H12N.H2O3Si/c1-5(2,3)4;1-4(2)3/h1-4H3;1-2H/q+1;. The normalized spacial score (nSPS) is 9.33. The first-order valence-electron chi connectivity index (χ1n) is 2.44. The van der Waals surface area contributed by atoms with Gasteiger partial charge in [-0.3, -0.25) is 4.46 Å². The molecule has 0 rings (SSSR count). The molecule has 0 aliphatic carbocycles. The van der Waals surface area contributed by atoms with Crippen LogP contribution in [0.2, 0.25) is 0 Å². The van der Waals surface area contributed by atoms with E-state index in [1.807, 2.05) is 0 Å². The highest BCUT2D eigenvalue weighted by Crippen LogP contribution is 1.73. The van der Waals surface area contributed by atoms with E-state index >= 15 is 0 Å². The molecule has 0 aliphatic rings. The van der Waals surface area contributed by atoms with Gasteiger partial charge in [0.2, 0.25) is 0 Å². The molecule has 0 bridgehead atoms. The van der Waals surface area contributed by atoms with E-state index in [4.69, 9.17) is 14.1 Å². The van der Waals surface area contributed by atoms with Gasteiger partial charge in [0.15, 0.2) is 0 Å². The molecule has 0 aromatic heterocycles. The Labute approximate surface area is 56.8 Å². The van der Waals surface area contributed by atoms with E-state index in [9.17, 15) is 0 Å². The van der Waals surface area contributed by atoms with Crippen molar-refractivity contribution in [2.75, 3.05) is 28.2 Å². The molecule has 56 valence electrons. The van der Waals surface area contributed by atoms with Gasteiger partial charge in [0.1, 0.15) is 0 Å². The van der Waals surface area contributed by atoms with Gasteiger partial charge in [0.05, 0.1) is 28.2 Å². The van der Waals surface area contributed by atoms with Crippen LogP contribution in [0, 0.1) is 0 Å².